The van der Waals surface area contributed by atoms with Crippen LogP contribution in [0.1, 0.15) is 12.7 Å². The van der Waals surface area contributed by atoms with Gasteiger partial charge in [-0.15, -0.1) is 0 Å². The van der Waals surface area contributed by atoms with E-state index in [4.69, 9.17) is 9.47 Å². The van der Waals surface area contributed by atoms with E-state index in [2.05, 4.69) is 9.97 Å². The molecule has 0 aliphatic heterocycles. The van der Waals surface area contributed by atoms with E-state index in [1.165, 1.54) is 0 Å². The Kier molecular flexibility index (Phi) is 2.87. The van der Waals surface area contributed by atoms with Crippen molar-refractivity contribution in [2.45, 2.75) is 13.5 Å². The number of methoxy groups -OCH3 is 1. The molecule has 0 saturated heterocycles. The van der Waals surface area contributed by atoms with E-state index in [9.17, 15) is 0 Å². The van der Waals surface area contributed by atoms with Crippen molar-refractivity contribution >= 4 is 11.0 Å². The summed E-state index contributed by atoms with van der Waals surface area (Å²) in [6, 6.07) is 5.81. The molecule has 0 aliphatic rings. The number of aromatic nitrogens is 2. The summed E-state index contributed by atoms with van der Waals surface area (Å²) in [5.41, 5.74) is 1.92. The Morgan fingerprint density at radius 3 is 3.00 bits per heavy atom. The van der Waals surface area contributed by atoms with Crippen molar-refractivity contribution in [3.05, 3.63) is 24.0 Å². The fourth-order valence-corrected chi connectivity index (χ4v) is 1.50. The molecule has 0 aliphatic carbocycles. The van der Waals surface area contributed by atoms with Gasteiger partial charge in [-0.1, -0.05) is 0 Å². The van der Waals surface area contributed by atoms with Crippen LogP contribution in [0.4, 0.5) is 0 Å². The van der Waals surface area contributed by atoms with Gasteiger partial charge in [0.1, 0.15) is 18.2 Å². The third-order valence-electron chi connectivity index (χ3n) is 2.09. The smallest absolute Gasteiger partial charge is 0.133 e. The summed E-state index contributed by atoms with van der Waals surface area (Å²) in [5, 5.41) is 0. The molecule has 4 nitrogen and oxygen atoms in total. The average Bonchev–Trinajstić information content (AvgIpc) is 2.60. The Morgan fingerprint density at radius 2 is 2.27 bits per heavy atom. The number of H-pyrrole nitrogens is 1. The van der Waals surface area contributed by atoms with Gasteiger partial charge in [0.15, 0.2) is 0 Å². The topological polar surface area (TPSA) is 47.1 Å². The number of rotatable bonds is 4. The Labute approximate surface area is 88.2 Å². The minimum Gasteiger partial charge on any atom is -0.494 e. The molecule has 0 unspecified atom stereocenters. The molecule has 4 heteroatoms. The van der Waals surface area contributed by atoms with Gasteiger partial charge in [-0.25, -0.2) is 4.98 Å². The van der Waals surface area contributed by atoms with Crippen molar-refractivity contribution in [1.29, 1.82) is 0 Å². The van der Waals surface area contributed by atoms with E-state index < -0.39 is 0 Å². The highest BCUT2D eigenvalue weighted by molar-refractivity contribution is 5.76. The maximum absolute atomic E-state index is 5.40. The van der Waals surface area contributed by atoms with Gasteiger partial charge >= 0.3 is 0 Å². The summed E-state index contributed by atoms with van der Waals surface area (Å²) in [6.07, 6.45) is 0. The van der Waals surface area contributed by atoms with Crippen molar-refractivity contribution in [1.82, 2.24) is 9.97 Å². The summed E-state index contributed by atoms with van der Waals surface area (Å²) in [5.74, 6) is 1.69. The first-order chi connectivity index (χ1) is 7.33. The predicted molar refractivity (Wildman–Crippen MR) is 58.0 cm³/mol. The van der Waals surface area contributed by atoms with Crippen molar-refractivity contribution in [3.63, 3.8) is 0 Å². The number of benzene rings is 1. The third-order valence-corrected chi connectivity index (χ3v) is 2.09. The molecule has 0 atom stereocenters. The van der Waals surface area contributed by atoms with Crippen LogP contribution in [0.15, 0.2) is 18.2 Å². The van der Waals surface area contributed by atoms with Gasteiger partial charge in [0.2, 0.25) is 0 Å². The Bertz CT molecular complexity index is 447. The first-order valence-electron chi connectivity index (χ1n) is 4.94. The maximum Gasteiger partial charge on any atom is 0.133 e. The molecule has 1 aromatic carbocycles. The summed E-state index contributed by atoms with van der Waals surface area (Å²) >= 11 is 0. The number of hydrogen-bond acceptors (Lipinski definition) is 3. The molecular formula is C11H14N2O2. The van der Waals surface area contributed by atoms with E-state index in [1.807, 2.05) is 25.1 Å². The maximum atomic E-state index is 5.40. The molecule has 0 fully saturated rings. The minimum absolute atomic E-state index is 0.499. The number of ether oxygens (including phenoxy) is 2. The van der Waals surface area contributed by atoms with Crippen molar-refractivity contribution in [2.24, 2.45) is 0 Å². The second kappa shape index (κ2) is 4.31. The third kappa shape index (κ3) is 2.10. The fraction of sp³-hybridized carbons (Fsp3) is 0.364. The molecule has 0 spiro atoms. The van der Waals surface area contributed by atoms with Gasteiger partial charge < -0.3 is 14.5 Å². The summed E-state index contributed by atoms with van der Waals surface area (Å²) in [4.78, 5) is 7.55. The first-order valence-corrected chi connectivity index (χ1v) is 4.94. The number of nitrogens with zero attached hydrogens (tertiary/aromatic N) is 1. The Balaban J connectivity index is 2.34. The molecular weight excluding hydrogens is 192 g/mol. The molecule has 2 rings (SSSR count). The van der Waals surface area contributed by atoms with Gasteiger partial charge in [-0.2, -0.15) is 0 Å². The minimum atomic E-state index is 0.499. The number of aromatic amines is 1. The first kappa shape index (κ1) is 9.98. The van der Waals surface area contributed by atoms with Gasteiger partial charge in [0, 0.05) is 13.2 Å². The standard InChI is InChI=1S/C11H14N2O2/c1-3-15-8-4-5-9-10(6-8)13-11(12-9)7-14-2/h4-6H,3,7H2,1-2H3,(H,12,13). The molecule has 0 amide bonds. The van der Waals surface area contributed by atoms with Crippen molar-refractivity contribution in [3.8, 4) is 5.75 Å². The molecule has 1 aromatic heterocycles. The molecule has 1 heterocycles. The lowest BCUT2D eigenvalue weighted by Gasteiger charge is -2.00. The average molecular weight is 206 g/mol. The normalized spacial score (nSPS) is 10.8. The SMILES string of the molecule is CCOc1ccc2nc(COC)[nH]c2c1. The second-order valence-corrected chi connectivity index (χ2v) is 3.23. The lowest BCUT2D eigenvalue weighted by atomic mass is 10.3. The summed E-state index contributed by atoms with van der Waals surface area (Å²) < 4.78 is 10.4. The molecule has 2 aromatic rings. The van der Waals surface area contributed by atoms with Crippen LogP contribution in [0.25, 0.3) is 11.0 Å². The number of imidazole rings is 1. The van der Waals surface area contributed by atoms with Crippen LogP contribution in [-0.4, -0.2) is 23.7 Å². The van der Waals surface area contributed by atoms with Crippen LogP contribution < -0.4 is 4.74 Å². The summed E-state index contributed by atoms with van der Waals surface area (Å²) in [6.45, 7) is 3.14. The highest BCUT2D eigenvalue weighted by Gasteiger charge is 2.03. The van der Waals surface area contributed by atoms with Crippen molar-refractivity contribution < 1.29 is 9.47 Å². The molecule has 0 saturated carbocycles. The Morgan fingerprint density at radius 1 is 1.40 bits per heavy atom. The van der Waals surface area contributed by atoms with E-state index in [-0.39, 0.29) is 0 Å². The predicted octanol–water partition coefficient (Wildman–Crippen LogP) is 2.11. The molecule has 0 bridgehead atoms. The van der Waals surface area contributed by atoms with Crippen LogP contribution >= 0.6 is 0 Å². The van der Waals surface area contributed by atoms with Gasteiger partial charge in [0.25, 0.3) is 0 Å². The van der Waals surface area contributed by atoms with Crippen LogP contribution in [0.5, 0.6) is 5.75 Å². The lowest BCUT2D eigenvalue weighted by Crippen LogP contribution is -1.90. The van der Waals surface area contributed by atoms with Gasteiger partial charge in [-0.05, 0) is 19.1 Å². The number of hydrogen-bond donors (Lipinski definition) is 1. The van der Waals surface area contributed by atoms with E-state index in [0.29, 0.717) is 13.2 Å². The fourth-order valence-electron chi connectivity index (χ4n) is 1.50. The zero-order chi connectivity index (χ0) is 10.7. The largest absolute Gasteiger partial charge is 0.494 e. The van der Waals surface area contributed by atoms with Crippen LogP contribution in [0.3, 0.4) is 0 Å². The second-order valence-electron chi connectivity index (χ2n) is 3.23. The van der Waals surface area contributed by atoms with E-state index in [0.717, 1.165) is 22.6 Å². The van der Waals surface area contributed by atoms with Gasteiger partial charge in [-0.3, -0.25) is 0 Å². The lowest BCUT2D eigenvalue weighted by molar-refractivity contribution is 0.179. The van der Waals surface area contributed by atoms with Crippen LogP contribution in [0.2, 0.25) is 0 Å². The molecule has 1 N–H and O–H groups in total. The van der Waals surface area contributed by atoms with Crippen LogP contribution in [0, 0.1) is 0 Å². The quantitative estimate of drug-likeness (QED) is 0.833. The molecule has 80 valence electrons. The van der Waals surface area contributed by atoms with Gasteiger partial charge in [0.05, 0.1) is 17.6 Å². The zero-order valence-electron chi connectivity index (χ0n) is 8.91. The monoisotopic (exact) mass is 206 g/mol. The van der Waals surface area contributed by atoms with Crippen LogP contribution in [-0.2, 0) is 11.3 Å². The van der Waals surface area contributed by atoms with E-state index in [1.54, 1.807) is 7.11 Å². The highest BCUT2D eigenvalue weighted by Crippen LogP contribution is 2.19. The highest BCUT2D eigenvalue weighted by atomic mass is 16.5. The number of fused-ring (bicyclic) bond motifs is 1. The summed E-state index contributed by atoms with van der Waals surface area (Å²) in [7, 11) is 1.65. The molecule has 15 heavy (non-hydrogen) atoms. The molecule has 0 radical (unpaired) electrons. The van der Waals surface area contributed by atoms with E-state index >= 15 is 0 Å². The Hall–Kier alpha value is -1.55. The van der Waals surface area contributed by atoms with Crippen molar-refractivity contribution in [2.75, 3.05) is 13.7 Å². The zero-order valence-corrected chi connectivity index (χ0v) is 8.91. The number of nitrogens with one attached hydrogen (secondary N) is 1.